The van der Waals surface area contributed by atoms with Gasteiger partial charge in [-0.2, -0.15) is 0 Å². The van der Waals surface area contributed by atoms with Crippen LogP contribution in [0.25, 0.3) is 10.2 Å². The number of anilines is 2. The fraction of sp³-hybridized carbons (Fsp3) is 0.464. The number of rotatable bonds is 8. The van der Waals surface area contributed by atoms with E-state index in [0.29, 0.717) is 36.5 Å². The number of halogens is 3. The van der Waals surface area contributed by atoms with Crippen LogP contribution in [0.5, 0.6) is 0 Å². The van der Waals surface area contributed by atoms with Crippen LogP contribution in [0.1, 0.15) is 37.7 Å². The predicted molar refractivity (Wildman–Crippen MR) is 147 cm³/mol. The molecule has 1 saturated heterocycles. The number of thiazole rings is 1. The summed E-state index contributed by atoms with van der Waals surface area (Å²) < 4.78 is 41.2. The first-order valence-corrected chi connectivity index (χ1v) is 14.2. The van der Waals surface area contributed by atoms with Gasteiger partial charge >= 0.3 is 5.97 Å². The second-order valence-electron chi connectivity index (χ2n) is 10.1. The van der Waals surface area contributed by atoms with E-state index in [4.69, 9.17) is 21.1 Å². The Hall–Kier alpha value is -2.82. The molecule has 2 heterocycles. The number of nitrogens with zero attached hydrogens (tertiary/aromatic N) is 2. The van der Waals surface area contributed by atoms with Crippen molar-refractivity contribution < 1.29 is 27.8 Å². The molecule has 11 heteroatoms. The van der Waals surface area contributed by atoms with Gasteiger partial charge in [0.25, 0.3) is 0 Å². The van der Waals surface area contributed by atoms with Gasteiger partial charge in [0.05, 0.1) is 65.7 Å². The van der Waals surface area contributed by atoms with Crippen molar-refractivity contribution in [1.29, 1.82) is 0 Å². The molecule has 1 aliphatic heterocycles. The minimum absolute atomic E-state index is 0.0471. The molecule has 39 heavy (non-hydrogen) atoms. The van der Waals surface area contributed by atoms with E-state index in [1.54, 1.807) is 0 Å². The van der Waals surface area contributed by atoms with E-state index in [1.807, 2.05) is 24.3 Å². The topological polar surface area (TPSA) is 80.8 Å². The molecule has 0 bridgehead atoms. The number of ether oxygens (including phenoxy) is 2. The Labute approximate surface area is 234 Å². The first-order chi connectivity index (χ1) is 18.8. The number of alkyl halides is 1. The summed E-state index contributed by atoms with van der Waals surface area (Å²) in [7, 11) is 1.39. The number of aromatic nitrogens is 1. The molecule has 2 aliphatic rings. The highest BCUT2D eigenvalue weighted by molar-refractivity contribution is 7.22. The van der Waals surface area contributed by atoms with Crippen molar-refractivity contribution in [3.8, 4) is 0 Å². The third-order valence-electron chi connectivity index (χ3n) is 7.43. The van der Waals surface area contributed by atoms with Crippen LogP contribution in [0.4, 0.5) is 19.6 Å². The quantitative estimate of drug-likeness (QED) is 0.328. The predicted octanol–water partition coefficient (Wildman–Crippen LogP) is 6.06. The summed E-state index contributed by atoms with van der Waals surface area (Å²) in [4.78, 5) is 30.8. The van der Waals surface area contributed by atoms with Gasteiger partial charge in [0.2, 0.25) is 5.91 Å². The molecule has 1 aliphatic carbocycles. The maximum atomic E-state index is 15.0. The number of benzene rings is 2. The number of methoxy groups -OCH3 is 1. The van der Waals surface area contributed by atoms with E-state index >= 15 is 4.39 Å². The van der Waals surface area contributed by atoms with Gasteiger partial charge in [-0.05, 0) is 55.5 Å². The zero-order valence-corrected chi connectivity index (χ0v) is 23.1. The van der Waals surface area contributed by atoms with Gasteiger partial charge < -0.3 is 19.7 Å². The van der Waals surface area contributed by atoms with Gasteiger partial charge in [-0.1, -0.05) is 35.1 Å². The summed E-state index contributed by atoms with van der Waals surface area (Å²) in [5.74, 6) is -1.27. The van der Waals surface area contributed by atoms with Crippen LogP contribution < -0.4 is 5.32 Å². The number of fused-ring (bicyclic) bond motifs is 1. The molecule has 1 aromatic heterocycles. The van der Waals surface area contributed by atoms with Gasteiger partial charge in [-0.25, -0.2) is 13.8 Å². The highest BCUT2D eigenvalue weighted by Crippen LogP contribution is 2.33. The second-order valence-corrected chi connectivity index (χ2v) is 11.5. The summed E-state index contributed by atoms with van der Waals surface area (Å²) in [6, 6.07) is 9.91. The fourth-order valence-electron chi connectivity index (χ4n) is 5.33. The maximum Gasteiger partial charge on any atom is 0.308 e. The Morgan fingerprint density at radius 2 is 1.97 bits per heavy atom. The van der Waals surface area contributed by atoms with Gasteiger partial charge in [-0.3, -0.25) is 9.59 Å². The first-order valence-electron chi connectivity index (χ1n) is 13.0. The molecule has 0 unspecified atom stereocenters. The number of nitrogens with one attached hydrogen (secondary N) is 1. The first kappa shape index (κ1) is 27.7. The van der Waals surface area contributed by atoms with Crippen molar-refractivity contribution in [3.63, 3.8) is 0 Å². The Kier molecular flexibility index (Phi) is 8.64. The van der Waals surface area contributed by atoms with Crippen LogP contribution in [-0.2, 0) is 25.5 Å². The van der Waals surface area contributed by atoms with E-state index in [1.165, 1.54) is 35.5 Å². The highest BCUT2D eigenvalue weighted by Gasteiger charge is 2.37. The third kappa shape index (κ3) is 6.50. The molecule has 2 fully saturated rings. The number of para-hydroxylation sites is 1. The number of likely N-dealkylation sites (tertiary alicyclic amines) is 1. The van der Waals surface area contributed by atoms with Crippen molar-refractivity contribution in [3.05, 3.63) is 52.8 Å². The van der Waals surface area contributed by atoms with E-state index in [2.05, 4.69) is 10.3 Å². The zero-order valence-electron chi connectivity index (χ0n) is 21.5. The molecule has 5 rings (SSSR count). The van der Waals surface area contributed by atoms with Crippen molar-refractivity contribution in [1.82, 2.24) is 9.88 Å². The fourth-order valence-corrected chi connectivity index (χ4v) is 6.44. The minimum atomic E-state index is -1.16. The molecular weight excluding hydrogens is 548 g/mol. The van der Waals surface area contributed by atoms with Gasteiger partial charge in [-0.15, -0.1) is 0 Å². The lowest BCUT2D eigenvalue weighted by Gasteiger charge is -2.30. The highest BCUT2D eigenvalue weighted by atomic mass is 35.5. The van der Waals surface area contributed by atoms with Gasteiger partial charge in [0.15, 0.2) is 5.13 Å². The SMILES string of the molecule is COC(=O)[C@H]1CC[C@H](OC[C@@H]2C[C@H](F)CN2C(=O)Cc2cc(Cl)c(Nc3nc4ccccc4s3)cc2F)CC1. The molecule has 1 saturated carbocycles. The smallest absolute Gasteiger partial charge is 0.308 e. The van der Waals surface area contributed by atoms with Crippen molar-refractivity contribution in [2.24, 2.45) is 5.92 Å². The number of amides is 1. The van der Waals surface area contributed by atoms with E-state index in [-0.39, 0.29) is 60.5 Å². The Morgan fingerprint density at radius 1 is 1.21 bits per heavy atom. The van der Waals surface area contributed by atoms with Crippen molar-refractivity contribution >= 4 is 55.8 Å². The van der Waals surface area contributed by atoms with Crippen LogP contribution >= 0.6 is 22.9 Å². The number of esters is 1. The zero-order chi connectivity index (χ0) is 27.5. The lowest BCUT2D eigenvalue weighted by molar-refractivity contribution is -0.148. The van der Waals surface area contributed by atoms with Crippen LogP contribution in [0, 0.1) is 11.7 Å². The van der Waals surface area contributed by atoms with Crippen molar-refractivity contribution in [2.45, 2.75) is 56.8 Å². The Balaban J connectivity index is 1.19. The van der Waals surface area contributed by atoms with E-state index in [0.717, 1.165) is 10.2 Å². The molecule has 0 spiro atoms. The molecular formula is C28H30ClF2N3O4S. The normalized spacial score (nSPS) is 23.2. The number of carbonyl (C=O) groups excluding carboxylic acids is 2. The lowest BCUT2D eigenvalue weighted by atomic mass is 9.87. The standard InChI is InChI=1S/C28H30ClF2N3O4S/c1-37-27(36)16-6-8-20(9-7-16)38-15-19-12-18(30)14-34(19)26(35)11-17-10-21(29)24(13-22(17)31)33-28-32-23-4-2-3-5-25(23)39-28/h2-5,10,13,16,18-20H,6-9,11-12,14-15H2,1H3,(H,32,33)/t16-,18-,19-,20-/m0/s1. The summed E-state index contributed by atoms with van der Waals surface area (Å²) in [5.41, 5.74) is 1.32. The maximum absolute atomic E-state index is 15.0. The monoisotopic (exact) mass is 577 g/mol. The molecule has 0 radical (unpaired) electrons. The molecule has 1 N–H and O–H groups in total. The van der Waals surface area contributed by atoms with E-state index in [9.17, 15) is 14.0 Å². The molecule has 2 atom stereocenters. The average molecular weight is 578 g/mol. The summed E-state index contributed by atoms with van der Waals surface area (Å²) in [6.45, 7) is 0.155. The van der Waals surface area contributed by atoms with Crippen molar-refractivity contribution in [2.75, 3.05) is 25.6 Å². The molecule has 3 aromatic rings. The molecule has 208 valence electrons. The Morgan fingerprint density at radius 3 is 2.72 bits per heavy atom. The number of hydrogen-bond acceptors (Lipinski definition) is 7. The Bertz CT molecular complexity index is 1310. The lowest BCUT2D eigenvalue weighted by Crippen LogP contribution is -2.40. The van der Waals surface area contributed by atoms with Gasteiger partial charge in [0.1, 0.15) is 12.0 Å². The number of hydrogen-bond donors (Lipinski definition) is 1. The third-order valence-corrected chi connectivity index (χ3v) is 8.69. The minimum Gasteiger partial charge on any atom is -0.469 e. The van der Waals surface area contributed by atoms with E-state index < -0.39 is 18.0 Å². The molecule has 7 nitrogen and oxygen atoms in total. The van der Waals surface area contributed by atoms with Crippen LogP contribution in [-0.4, -0.2) is 60.3 Å². The van der Waals surface area contributed by atoms with Crippen LogP contribution in [0.3, 0.4) is 0 Å². The van der Waals surface area contributed by atoms with Crippen LogP contribution in [0.2, 0.25) is 5.02 Å². The molecule has 1 amide bonds. The van der Waals surface area contributed by atoms with Gasteiger partial charge in [0, 0.05) is 6.42 Å². The molecule has 2 aromatic carbocycles. The number of carbonyl (C=O) groups is 2. The summed E-state index contributed by atoms with van der Waals surface area (Å²) >= 11 is 7.86. The summed E-state index contributed by atoms with van der Waals surface area (Å²) in [6.07, 6.45) is 1.51. The average Bonchev–Trinajstić information content (AvgIpc) is 3.52. The summed E-state index contributed by atoms with van der Waals surface area (Å²) in [5, 5.41) is 3.89. The largest absolute Gasteiger partial charge is 0.469 e. The second kappa shape index (κ2) is 12.1. The van der Waals surface area contributed by atoms with Crippen LogP contribution in [0.15, 0.2) is 36.4 Å².